The van der Waals surface area contributed by atoms with Crippen LogP contribution in [0.2, 0.25) is 10.0 Å². The first-order chi connectivity index (χ1) is 11.6. The minimum Gasteiger partial charge on any atom is -0.463 e. The van der Waals surface area contributed by atoms with Gasteiger partial charge in [0, 0.05) is 15.6 Å². The quantitative estimate of drug-likeness (QED) is 0.642. The van der Waals surface area contributed by atoms with Crippen molar-refractivity contribution in [2.75, 3.05) is 13.2 Å². The topological polar surface area (TPSA) is 53.4 Å². The van der Waals surface area contributed by atoms with Crippen LogP contribution in [0.4, 0.5) is 0 Å². The van der Waals surface area contributed by atoms with Crippen LogP contribution in [0.5, 0.6) is 0 Å². The molecule has 0 fully saturated rings. The molecule has 0 aliphatic rings. The van der Waals surface area contributed by atoms with Gasteiger partial charge in [0.05, 0.1) is 12.1 Å². The molecule has 2 aromatic carbocycles. The molecule has 24 heavy (non-hydrogen) atoms. The molecule has 0 unspecified atom stereocenters. The predicted octanol–water partition coefficient (Wildman–Crippen LogP) is 4.00. The Morgan fingerprint density at radius 2 is 1.83 bits per heavy atom. The molecule has 1 heterocycles. The number of ether oxygens (including phenoxy) is 1. The fourth-order valence-electron chi connectivity index (χ4n) is 2.26. The number of carbonyl (C=O) groups excluding carboxylic acids is 1. The van der Waals surface area contributed by atoms with Crippen LogP contribution in [0.15, 0.2) is 42.5 Å². The first kappa shape index (κ1) is 16.6. The zero-order chi connectivity index (χ0) is 17.1. The normalized spacial score (nSPS) is 10.8. The highest BCUT2D eigenvalue weighted by Gasteiger charge is 2.16. The van der Waals surface area contributed by atoms with Gasteiger partial charge in [-0.1, -0.05) is 23.2 Å². The van der Waals surface area contributed by atoms with Gasteiger partial charge in [-0.15, -0.1) is 0 Å². The zero-order valence-electron chi connectivity index (χ0n) is 12.8. The van der Waals surface area contributed by atoms with Crippen LogP contribution in [0, 0.1) is 0 Å². The van der Waals surface area contributed by atoms with Crippen molar-refractivity contribution in [2.45, 2.75) is 6.92 Å². The Kier molecular flexibility index (Phi) is 4.92. The van der Waals surface area contributed by atoms with E-state index in [-0.39, 0.29) is 6.61 Å². The van der Waals surface area contributed by atoms with Gasteiger partial charge in [-0.2, -0.15) is 4.73 Å². The lowest BCUT2D eigenvalue weighted by molar-refractivity contribution is -0.148. The van der Waals surface area contributed by atoms with Crippen LogP contribution in [-0.4, -0.2) is 28.9 Å². The number of imidazole rings is 1. The van der Waals surface area contributed by atoms with Crippen LogP contribution in [0.3, 0.4) is 0 Å². The number of hydrogen-bond acceptors (Lipinski definition) is 4. The molecule has 5 nitrogen and oxygen atoms in total. The number of benzene rings is 2. The number of esters is 1. The molecule has 0 aliphatic carbocycles. The van der Waals surface area contributed by atoms with Gasteiger partial charge in [0.1, 0.15) is 5.52 Å². The van der Waals surface area contributed by atoms with E-state index in [4.69, 9.17) is 32.8 Å². The summed E-state index contributed by atoms with van der Waals surface area (Å²) in [5.41, 5.74) is 2.17. The van der Waals surface area contributed by atoms with Gasteiger partial charge < -0.3 is 9.57 Å². The molecule has 0 bridgehead atoms. The highest BCUT2D eigenvalue weighted by molar-refractivity contribution is 6.31. The monoisotopic (exact) mass is 364 g/mol. The molecule has 0 radical (unpaired) electrons. The number of aromatic nitrogens is 2. The molecule has 1 aromatic heterocycles. The molecule has 3 rings (SSSR count). The molecule has 0 N–H and O–H groups in total. The van der Waals surface area contributed by atoms with E-state index in [0.717, 1.165) is 5.56 Å². The van der Waals surface area contributed by atoms with Gasteiger partial charge in [-0.25, -0.2) is 9.78 Å². The summed E-state index contributed by atoms with van der Waals surface area (Å²) < 4.78 is 6.38. The molecule has 3 aromatic rings. The summed E-state index contributed by atoms with van der Waals surface area (Å²) in [5, 5.41) is 1.17. The number of fused-ring (bicyclic) bond motifs is 1. The molecule has 0 saturated carbocycles. The highest BCUT2D eigenvalue weighted by atomic mass is 35.5. The van der Waals surface area contributed by atoms with Crippen LogP contribution < -0.4 is 4.84 Å². The van der Waals surface area contributed by atoms with Gasteiger partial charge in [0.15, 0.2) is 5.82 Å². The minimum atomic E-state index is -0.455. The molecule has 124 valence electrons. The number of nitrogens with zero attached hydrogens (tertiary/aromatic N) is 2. The van der Waals surface area contributed by atoms with Gasteiger partial charge in [0.2, 0.25) is 6.61 Å². The van der Waals surface area contributed by atoms with Crippen molar-refractivity contribution in [2.24, 2.45) is 0 Å². The second kappa shape index (κ2) is 7.11. The summed E-state index contributed by atoms with van der Waals surface area (Å²) in [4.78, 5) is 21.8. The lowest BCUT2D eigenvalue weighted by atomic mass is 10.2. The van der Waals surface area contributed by atoms with E-state index in [1.807, 2.05) is 12.1 Å². The third-order valence-electron chi connectivity index (χ3n) is 3.29. The van der Waals surface area contributed by atoms with E-state index in [1.54, 1.807) is 37.3 Å². The van der Waals surface area contributed by atoms with E-state index < -0.39 is 5.97 Å². The maximum absolute atomic E-state index is 11.6. The van der Waals surface area contributed by atoms with Gasteiger partial charge in [-0.05, 0) is 49.4 Å². The summed E-state index contributed by atoms with van der Waals surface area (Å²) in [5.74, 6) is 0.0941. The molecule has 0 atom stereocenters. The molecular weight excluding hydrogens is 351 g/mol. The van der Waals surface area contributed by atoms with Gasteiger partial charge >= 0.3 is 5.97 Å². The van der Waals surface area contributed by atoms with Crippen molar-refractivity contribution < 1.29 is 14.4 Å². The first-order valence-corrected chi connectivity index (χ1v) is 8.07. The van der Waals surface area contributed by atoms with Gasteiger partial charge in [0.25, 0.3) is 0 Å². The maximum atomic E-state index is 11.6. The summed E-state index contributed by atoms with van der Waals surface area (Å²) in [6.07, 6.45) is 0. The molecule has 0 spiro atoms. The number of hydrogen-bond donors (Lipinski definition) is 0. The Labute approximate surface area is 148 Å². The summed E-state index contributed by atoms with van der Waals surface area (Å²) in [7, 11) is 0. The number of rotatable bonds is 5. The Hall–Kier alpha value is -2.24. The minimum absolute atomic E-state index is 0.230. The molecule has 0 aliphatic heterocycles. The van der Waals surface area contributed by atoms with Crippen molar-refractivity contribution in [3.63, 3.8) is 0 Å². The third kappa shape index (κ3) is 3.47. The summed E-state index contributed by atoms with van der Waals surface area (Å²) in [6, 6.07) is 12.5. The third-order valence-corrected chi connectivity index (χ3v) is 3.78. The van der Waals surface area contributed by atoms with Crippen molar-refractivity contribution in [1.29, 1.82) is 0 Å². The Bertz CT molecular complexity index is 875. The van der Waals surface area contributed by atoms with Crippen LogP contribution in [0.1, 0.15) is 6.92 Å². The van der Waals surface area contributed by atoms with Crippen molar-refractivity contribution in [3.8, 4) is 11.4 Å². The number of carbonyl (C=O) groups is 1. The smallest absolute Gasteiger partial charge is 0.346 e. The van der Waals surface area contributed by atoms with E-state index in [1.165, 1.54) is 4.73 Å². The maximum Gasteiger partial charge on any atom is 0.346 e. The van der Waals surface area contributed by atoms with E-state index >= 15 is 0 Å². The molecule has 7 heteroatoms. The van der Waals surface area contributed by atoms with E-state index in [2.05, 4.69) is 4.98 Å². The average molecular weight is 365 g/mol. The van der Waals surface area contributed by atoms with E-state index in [0.29, 0.717) is 33.5 Å². The fourth-order valence-corrected chi connectivity index (χ4v) is 2.55. The first-order valence-electron chi connectivity index (χ1n) is 7.31. The summed E-state index contributed by atoms with van der Waals surface area (Å²) in [6.45, 7) is 1.80. The van der Waals surface area contributed by atoms with E-state index in [9.17, 15) is 4.79 Å². The number of halogens is 2. The highest BCUT2D eigenvalue weighted by Crippen LogP contribution is 2.27. The molecule has 0 saturated heterocycles. The van der Waals surface area contributed by atoms with Crippen molar-refractivity contribution in [3.05, 3.63) is 52.5 Å². The summed E-state index contributed by atoms with van der Waals surface area (Å²) >= 11 is 12.0. The lowest BCUT2D eigenvalue weighted by Gasteiger charge is -2.10. The molecular formula is C17H14Cl2N2O3. The van der Waals surface area contributed by atoms with Crippen LogP contribution in [0.25, 0.3) is 22.4 Å². The Morgan fingerprint density at radius 1 is 1.12 bits per heavy atom. The molecule has 0 amide bonds. The largest absolute Gasteiger partial charge is 0.463 e. The van der Waals surface area contributed by atoms with Gasteiger partial charge in [-0.3, -0.25) is 0 Å². The Balaban J connectivity index is 2.05. The van der Waals surface area contributed by atoms with Crippen LogP contribution >= 0.6 is 23.2 Å². The zero-order valence-corrected chi connectivity index (χ0v) is 14.3. The van der Waals surface area contributed by atoms with Crippen molar-refractivity contribution in [1.82, 2.24) is 9.71 Å². The Morgan fingerprint density at radius 3 is 2.54 bits per heavy atom. The second-order valence-corrected chi connectivity index (χ2v) is 5.82. The average Bonchev–Trinajstić information content (AvgIpc) is 2.91. The SMILES string of the molecule is CCOC(=O)COn1c(-c2ccc(Cl)cc2)nc2ccc(Cl)cc21. The standard InChI is InChI=1S/C17H14Cl2N2O3/c1-2-23-16(22)10-24-21-15-9-13(19)7-8-14(15)20-17(21)11-3-5-12(18)6-4-11/h3-9H,2,10H2,1H3. The fraction of sp³-hybridized carbons (Fsp3) is 0.176. The second-order valence-electron chi connectivity index (χ2n) is 4.95. The predicted molar refractivity (Wildman–Crippen MR) is 93.3 cm³/mol. The van der Waals surface area contributed by atoms with Crippen molar-refractivity contribution >= 4 is 40.2 Å². The van der Waals surface area contributed by atoms with Crippen LogP contribution in [-0.2, 0) is 9.53 Å². The lowest BCUT2D eigenvalue weighted by Crippen LogP contribution is -2.22.